The smallest absolute Gasteiger partial charge is 0.253 e. The minimum atomic E-state index is 0.0707. The molecule has 132 valence electrons. The first-order valence-corrected chi connectivity index (χ1v) is 8.67. The molecule has 1 saturated heterocycles. The number of amides is 1. The molecule has 1 amide bonds. The predicted octanol–water partition coefficient (Wildman–Crippen LogP) is 1.51. The number of nitrogens with zero attached hydrogens (tertiary/aromatic N) is 5. The third kappa shape index (κ3) is 3.62. The number of rotatable bonds is 4. The van der Waals surface area contributed by atoms with Gasteiger partial charge >= 0.3 is 0 Å². The standard InChI is InChI=1S/C19H20N6O/c26-19(17-8-6-15(7-9-17)12-25-14-21-22-23-25)24-11-10-20-18(13-24)16-4-2-1-3-5-16/h1-9,14,18,20H,10-13H2/t18-/m0/s1. The maximum atomic E-state index is 12.9. The van der Waals surface area contributed by atoms with Gasteiger partial charge in [-0.1, -0.05) is 42.5 Å². The molecular weight excluding hydrogens is 328 g/mol. The fourth-order valence-corrected chi connectivity index (χ4v) is 3.22. The van der Waals surface area contributed by atoms with Crippen LogP contribution in [-0.2, 0) is 6.54 Å². The van der Waals surface area contributed by atoms with Crippen molar-refractivity contribution in [2.75, 3.05) is 19.6 Å². The highest BCUT2D eigenvalue weighted by Crippen LogP contribution is 2.19. The molecule has 2 heterocycles. The Balaban J connectivity index is 1.43. The Morgan fingerprint density at radius 3 is 2.65 bits per heavy atom. The first-order chi connectivity index (χ1) is 12.8. The minimum Gasteiger partial charge on any atom is -0.335 e. The van der Waals surface area contributed by atoms with Gasteiger partial charge in [0.1, 0.15) is 6.33 Å². The molecule has 7 heteroatoms. The molecular formula is C19H20N6O. The van der Waals surface area contributed by atoms with E-state index >= 15 is 0 Å². The highest BCUT2D eigenvalue weighted by Gasteiger charge is 2.24. The van der Waals surface area contributed by atoms with Gasteiger partial charge in [0.25, 0.3) is 5.91 Å². The summed E-state index contributed by atoms with van der Waals surface area (Å²) in [6.45, 7) is 2.78. The number of hydrogen-bond acceptors (Lipinski definition) is 5. The summed E-state index contributed by atoms with van der Waals surface area (Å²) in [5, 5.41) is 14.6. The zero-order valence-electron chi connectivity index (χ0n) is 14.3. The molecule has 4 rings (SSSR count). The molecule has 1 aliphatic rings. The SMILES string of the molecule is O=C(c1ccc(Cn2cnnn2)cc1)N1CCN[C@H](c2ccccc2)C1. The van der Waals surface area contributed by atoms with Gasteiger partial charge in [-0.15, -0.1) is 5.10 Å². The molecule has 0 bridgehead atoms. The van der Waals surface area contributed by atoms with Crippen LogP contribution in [0.3, 0.4) is 0 Å². The first-order valence-electron chi connectivity index (χ1n) is 8.67. The lowest BCUT2D eigenvalue weighted by Gasteiger charge is -2.34. The van der Waals surface area contributed by atoms with E-state index in [2.05, 4.69) is 33.0 Å². The molecule has 1 atom stereocenters. The maximum absolute atomic E-state index is 12.9. The van der Waals surface area contributed by atoms with Crippen molar-refractivity contribution in [3.8, 4) is 0 Å². The van der Waals surface area contributed by atoms with Crippen LogP contribution in [-0.4, -0.2) is 50.6 Å². The van der Waals surface area contributed by atoms with Gasteiger partial charge in [-0.2, -0.15) is 0 Å². The van der Waals surface area contributed by atoms with Crippen LogP contribution in [0.25, 0.3) is 0 Å². The molecule has 0 unspecified atom stereocenters. The molecule has 0 radical (unpaired) electrons. The van der Waals surface area contributed by atoms with E-state index in [1.54, 1.807) is 11.0 Å². The number of tetrazole rings is 1. The minimum absolute atomic E-state index is 0.0707. The third-order valence-electron chi connectivity index (χ3n) is 4.60. The predicted molar refractivity (Wildman–Crippen MR) is 96.5 cm³/mol. The van der Waals surface area contributed by atoms with Gasteiger partial charge in [-0.3, -0.25) is 4.79 Å². The Hall–Kier alpha value is -3.06. The van der Waals surface area contributed by atoms with E-state index in [9.17, 15) is 4.79 Å². The van der Waals surface area contributed by atoms with Crippen molar-refractivity contribution < 1.29 is 4.79 Å². The van der Waals surface area contributed by atoms with Crippen LogP contribution in [0.1, 0.15) is 27.5 Å². The van der Waals surface area contributed by atoms with Crippen LogP contribution in [0, 0.1) is 0 Å². The lowest BCUT2D eigenvalue weighted by Crippen LogP contribution is -2.48. The lowest BCUT2D eigenvalue weighted by atomic mass is 10.0. The van der Waals surface area contributed by atoms with E-state index in [4.69, 9.17) is 0 Å². The highest BCUT2D eigenvalue weighted by atomic mass is 16.2. The molecule has 1 N–H and O–H groups in total. The Bertz CT molecular complexity index is 848. The average Bonchev–Trinajstić information content (AvgIpc) is 3.22. The lowest BCUT2D eigenvalue weighted by molar-refractivity contribution is 0.0703. The summed E-state index contributed by atoms with van der Waals surface area (Å²) in [5.41, 5.74) is 2.97. The fourth-order valence-electron chi connectivity index (χ4n) is 3.22. The fraction of sp³-hybridized carbons (Fsp3) is 0.263. The summed E-state index contributed by atoms with van der Waals surface area (Å²) in [5.74, 6) is 0.0707. The van der Waals surface area contributed by atoms with E-state index in [1.807, 2.05) is 47.4 Å². The molecule has 1 aromatic heterocycles. The molecule has 3 aromatic rings. The molecule has 7 nitrogen and oxygen atoms in total. The number of benzene rings is 2. The van der Waals surface area contributed by atoms with Gasteiger partial charge in [0, 0.05) is 31.2 Å². The Labute approximate surface area is 151 Å². The van der Waals surface area contributed by atoms with Crippen molar-refractivity contribution in [2.45, 2.75) is 12.6 Å². The largest absolute Gasteiger partial charge is 0.335 e. The average molecular weight is 348 g/mol. The number of aromatic nitrogens is 4. The summed E-state index contributed by atoms with van der Waals surface area (Å²) < 4.78 is 1.65. The monoisotopic (exact) mass is 348 g/mol. The second-order valence-electron chi connectivity index (χ2n) is 6.37. The van der Waals surface area contributed by atoms with Crippen LogP contribution in [0.2, 0.25) is 0 Å². The number of carbonyl (C=O) groups excluding carboxylic acids is 1. The van der Waals surface area contributed by atoms with Crippen molar-refractivity contribution in [1.82, 2.24) is 30.4 Å². The van der Waals surface area contributed by atoms with E-state index in [0.29, 0.717) is 25.2 Å². The molecule has 0 saturated carbocycles. The second-order valence-corrected chi connectivity index (χ2v) is 6.37. The Morgan fingerprint density at radius 2 is 1.92 bits per heavy atom. The summed E-state index contributed by atoms with van der Waals surface area (Å²) in [4.78, 5) is 14.8. The van der Waals surface area contributed by atoms with Crippen molar-refractivity contribution in [3.05, 3.63) is 77.6 Å². The van der Waals surface area contributed by atoms with Crippen molar-refractivity contribution in [2.24, 2.45) is 0 Å². The maximum Gasteiger partial charge on any atom is 0.253 e. The molecule has 0 spiro atoms. The number of hydrogen-bond donors (Lipinski definition) is 1. The number of piperazine rings is 1. The van der Waals surface area contributed by atoms with Crippen LogP contribution in [0.5, 0.6) is 0 Å². The second kappa shape index (κ2) is 7.45. The number of nitrogens with one attached hydrogen (secondary N) is 1. The van der Waals surface area contributed by atoms with E-state index in [0.717, 1.165) is 12.1 Å². The van der Waals surface area contributed by atoms with Gasteiger partial charge in [0.15, 0.2) is 0 Å². The van der Waals surface area contributed by atoms with Gasteiger partial charge in [0.2, 0.25) is 0 Å². The number of carbonyl (C=O) groups is 1. The van der Waals surface area contributed by atoms with Crippen LogP contribution >= 0.6 is 0 Å². The molecule has 1 aliphatic heterocycles. The summed E-state index contributed by atoms with van der Waals surface area (Å²) in [6, 6.07) is 18.1. The Kier molecular flexibility index (Phi) is 4.70. The van der Waals surface area contributed by atoms with Crippen molar-refractivity contribution in [3.63, 3.8) is 0 Å². The highest BCUT2D eigenvalue weighted by molar-refractivity contribution is 5.94. The van der Waals surface area contributed by atoms with Crippen molar-refractivity contribution in [1.29, 1.82) is 0 Å². The van der Waals surface area contributed by atoms with E-state index in [-0.39, 0.29) is 11.9 Å². The van der Waals surface area contributed by atoms with Crippen LogP contribution in [0.15, 0.2) is 60.9 Å². The third-order valence-corrected chi connectivity index (χ3v) is 4.60. The van der Waals surface area contributed by atoms with Gasteiger partial charge < -0.3 is 10.2 Å². The van der Waals surface area contributed by atoms with E-state index < -0.39 is 0 Å². The summed E-state index contributed by atoms with van der Waals surface area (Å²) >= 11 is 0. The zero-order valence-corrected chi connectivity index (χ0v) is 14.3. The van der Waals surface area contributed by atoms with Crippen LogP contribution in [0.4, 0.5) is 0 Å². The first kappa shape index (κ1) is 16.4. The Morgan fingerprint density at radius 1 is 1.12 bits per heavy atom. The van der Waals surface area contributed by atoms with Gasteiger partial charge in [0.05, 0.1) is 6.54 Å². The summed E-state index contributed by atoms with van der Waals surface area (Å²) in [7, 11) is 0. The van der Waals surface area contributed by atoms with Crippen LogP contribution < -0.4 is 5.32 Å². The molecule has 26 heavy (non-hydrogen) atoms. The van der Waals surface area contributed by atoms with Gasteiger partial charge in [-0.25, -0.2) is 4.68 Å². The van der Waals surface area contributed by atoms with Crippen molar-refractivity contribution >= 4 is 5.91 Å². The zero-order chi connectivity index (χ0) is 17.8. The molecule has 0 aliphatic carbocycles. The quantitative estimate of drug-likeness (QED) is 0.773. The van der Waals surface area contributed by atoms with Gasteiger partial charge in [-0.05, 0) is 33.7 Å². The topological polar surface area (TPSA) is 75.9 Å². The summed E-state index contributed by atoms with van der Waals surface area (Å²) in [6.07, 6.45) is 1.57. The molecule has 2 aromatic carbocycles. The molecule has 1 fully saturated rings. The van der Waals surface area contributed by atoms with E-state index in [1.165, 1.54) is 5.56 Å². The normalized spacial score (nSPS) is 17.2.